The first-order chi connectivity index (χ1) is 10.2. The van der Waals surface area contributed by atoms with Crippen LogP contribution in [-0.2, 0) is 0 Å². The van der Waals surface area contributed by atoms with Gasteiger partial charge in [0.2, 0.25) is 0 Å². The normalized spacial score (nSPS) is 10.6. The largest absolute Gasteiger partial charge is 0.142 e. The lowest BCUT2D eigenvalue weighted by atomic mass is 9.94. The Hall–Kier alpha value is -1.29. The van der Waals surface area contributed by atoms with E-state index >= 15 is 0 Å². The molecular weight excluding hydrogens is 312 g/mol. The van der Waals surface area contributed by atoms with Gasteiger partial charge in [-0.25, -0.2) is 0 Å². The van der Waals surface area contributed by atoms with Crippen LogP contribution in [-0.4, -0.2) is 0 Å². The first-order valence-corrected chi connectivity index (χ1v) is 7.91. The molecule has 3 aromatic rings. The van der Waals surface area contributed by atoms with Gasteiger partial charge in [-0.3, -0.25) is 0 Å². The second-order valence-corrected chi connectivity index (χ2v) is 6.12. The van der Waals surface area contributed by atoms with E-state index in [-0.39, 0.29) is 0 Å². The summed E-state index contributed by atoms with van der Waals surface area (Å²) in [7, 11) is 0. The van der Waals surface area contributed by atoms with Gasteiger partial charge in [0.05, 0.1) is 0 Å². The molecule has 3 rings (SSSR count). The van der Waals surface area contributed by atoms with E-state index in [1.165, 1.54) is 11.1 Å². The SMILES string of the molecule is Sc1ccc(-c2ccccc2-c2ccccc2)c(S)c1S. The highest BCUT2D eigenvalue weighted by atomic mass is 32.1. The molecule has 0 fully saturated rings. The zero-order chi connectivity index (χ0) is 14.8. The lowest BCUT2D eigenvalue weighted by Gasteiger charge is -2.14. The number of hydrogen-bond donors (Lipinski definition) is 3. The van der Waals surface area contributed by atoms with Crippen LogP contribution in [0.15, 0.2) is 81.4 Å². The summed E-state index contributed by atoms with van der Waals surface area (Å²) in [5.41, 5.74) is 4.60. The molecule has 104 valence electrons. The average Bonchev–Trinajstić information content (AvgIpc) is 2.54. The van der Waals surface area contributed by atoms with Gasteiger partial charge in [0.25, 0.3) is 0 Å². The van der Waals surface area contributed by atoms with E-state index in [0.717, 1.165) is 25.8 Å². The summed E-state index contributed by atoms with van der Waals surface area (Å²) in [4.78, 5) is 2.50. The van der Waals surface area contributed by atoms with Crippen molar-refractivity contribution in [1.82, 2.24) is 0 Å². The number of rotatable bonds is 2. The smallest absolute Gasteiger partial charge is 0.0314 e. The number of thiol groups is 3. The van der Waals surface area contributed by atoms with Crippen LogP contribution in [0.5, 0.6) is 0 Å². The van der Waals surface area contributed by atoms with Crippen LogP contribution in [0.1, 0.15) is 0 Å². The van der Waals surface area contributed by atoms with Gasteiger partial charge < -0.3 is 0 Å². The van der Waals surface area contributed by atoms with Crippen molar-refractivity contribution >= 4 is 37.9 Å². The topological polar surface area (TPSA) is 0 Å². The van der Waals surface area contributed by atoms with E-state index in [1.54, 1.807) is 0 Å². The molecule has 0 spiro atoms. The fourth-order valence-corrected chi connectivity index (χ4v) is 3.16. The third-order valence-electron chi connectivity index (χ3n) is 3.43. The molecule has 0 saturated heterocycles. The second-order valence-electron chi connectivity index (χ2n) is 4.74. The zero-order valence-corrected chi connectivity index (χ0v) is 13.9. The van der Waals surface area contributed by atoms with Crippen LogP contribution in [0.3, 0.4) is 0 Å². The Bertz CT molecular complexity index is 780. The van der Waals surface area contributed by atoms with Gasteiger partial charge >= 0.3 is 0 Å². The predicted octanol–water partition coefficient (Wildman–Crippen LogP) is 5.89. The highest BCUT2D eigenvalue weighted by molar-refractivity contribution is 7.85. The molecule has 0 aliphatic carbocycles. The van der Waals surface area contributed by atoms with Gasteiger partial charge in [-0.2, -0.15) is 0 Å². The minimum Gasteiger partial charge on any atom is -0.142 e. The third kappa shape index (κ3) is 2.86. The third-order valence-corrected chi connectivity index (χ3v) is 5.09. The minimum atomic E-state index is 0.807. The lowest BCUT2D eigenvalue weighted by Crippen LogP contribution is -1.88. The monoisotopic (exact) mass is 326 g/mol. The molecule has 0 radical (unpaired) electrons. The first-order valence-electron chi connectivity index (χ1n) is 6.57. The Morgan fingerprint density at radius 1 is 0.476 bits per heavy atom. The molecule has 0 amide bonds. The molecule has 0 nitrogen and oxygen atoms in total. The number of benzene rings is 3. The Morgan fingerprint density at radius 3 is 1.81 bits per heavy atom. The Kier molecular flexibility index (Phi) is 4.34. The molecule has 0 aromatic heterocycles. The summed E-state index contributed by atoms with van der Waals surface area (Å²) in [5, 5.41) is 0. The van der Waals surface area contributed by atoms with Crippen molar-refractivity contribution in [3.63, 3.8) is 0 Å². The van der Waals surface area contributed by atoms with Crippen LogP contribution < -0.4 is 0 Å². The van der Waals surface area contributed by atoms with E-state index in [1.807, 2.05) is 24.3 Å². The van der Waals surface area contributed by atoms with Crippen molar-refractivity contribution in [2.75, 3.05) is 0 Å². The summed E-state index contributed by atoms with van der Waals surface area (Å²) in [6.45, 7) is 0. The molecule has 0 atom stereocenters. The molecule has 0 unspecified atom stereocenters. The maximum atomic E-state index is 4.63. The van der Waals surface area contributed by atoms with Crippen LogP contribution in [0.25, 0.3) is 22.3 Å². The lowest BCUT2D eigenvalue weighted by molar-refractivity contribution is 1.14. The number of hydrogen-bond acceptors (Lipinski definition) is 3. The molecule has 0 N–H and O–H groups in total. The fourth-order valence-electron chi connectivity index (χ4n) is 2.37. The van der Waals surface area contributed by atoms with E-state index in [2.05, 4.69) is 80.4 Å². The fraction of sp³-hybridized carbons (Fsp3) is 0. The van der Waals surface area contributed by atoms with Crippen molar-refractivity contribution in [2.45, 2.75) is 14.7 Å². The van der Waals surface area contributed by atoms with E-state index in [9.17, 15) is 0 Å². The summed E-state index contributed by atoms with van der Waals surface area (Å²) in [6.07, 6.45) is 0. The molecule has 21 heavy (non-hydrogen) atoms. The summed E-state index contributed by atoms with van der Waals surface area (Å²) >= 11 is 13.5. The highest BCUT2D eigenvalue weighted by Gasteiger charge is 2.12. The highest BCUT2D eigenvalue weighted by Crippen LogP contribution is 2.39. The average molecular weight is 327 g/mol. The Labute approximate surface area is 141 Å². The molecule has 3 aromatic carbocycles. The van der Waals surface area contributed by atoms with Crippen LogP contribution >= 0.6 is 37.9 Å². The van der Waals surface area contributed by atoms with Gasteiger partial charge in [0.15, 0.2) is 0 Å². The summed E-state index contributed by atoms with van der Waals surface area (Å²) < 4.78 is 0. The molecule has 3 heteroatoms. The van der Waals surface area contributed by atoms with Gasteiger partial charge in [-0.1, -0.05) is 60.7 Å². The first kappa shape index (κ1) is 14.6. The molecule has 0 aliphatic rings. The van der Waals surface area contributed by atoms with Crippen LogP contribution in [0.4, 0.5) is 0 Å². The maximum absolute atomic E-state index is 4.63. The van der Waals surface area contributed by atoms with Crippen LogP contribution in [0, 0.1) is 0 Å². The molecular formula is C18H14S3. The zero-order valence-electron chi connectivity index (χ0n) is 11.2. The van der Waals surface area contributed by atoms with E-state index in [4.69, 9.17) is 0 Å². The Morgan fingerprint density at radius 2 is 1.10 bits per heavy atom. The molecule has 0 saturated carbocycles. The minimum absolute atomic E-state index is 0.807. The quantitative estimate of drug-likeness (QED) is 0.481. The van der Waals surface area contributed by atoms with Gasteiger partial charge in [0, 0.05) is 14.7 Å². The summed E-state index contributed by atoms with van der Waals surface area (Å²) in [6, 6.07) is 22.7. The van der Waals surface area contributed by atoms with Crippen molar-refractivity contribution in [2.24, 2.45) is 0 Å². The van der Waals surface area contributed by atoms with Gasteiger partial charge in [-0.15, -0.1) is 37.9 Å². The predicted molar refractivity (Wildman–Crippen MR) is 99.1 cm³/mol. The van der Waals surface area contributed by atoms with Crippen molar-refractivity contribution < 1.29 is 0 Å². The van der Waals surface area contributed by atoms with Crippen molar-refractivity contribution in [3.05, 3.63) is 66.7 Å². The van der Waals surface area contributed by atoms with Crippen LogP contribution in [0.2, 0.25) is 0 Å². The Balaban J connectivity index is 2.23. The molecule has 0 heterocycles. The van der Waals surface area contributed by atoms with E-state index < -0.39 is 0 Å². The summed E-state index contributed by atoms with van der Waals surface area (Å²) in [5.74, 6) is 0. The maximum Gasteiger partial charge on any atom is 0.0314 e. The molecule has 0 bridgehead atoms. The second kappa shape index (κ2) is 6.22. The van der Waals surface area contributed by atoms with Gasteiger partial charge in [0.1, 0.15) is 0 Å². The van der Waals surface area contributed by atoms with Gasteiger partial charge in [-0.05, 0) is 28.3 Å². The van der Waals surface area contributed by atoms with Crippen molar-refractivity contribution in [3.8, 4) is 22.3 Å². The van der Waals surface area contributed by atoms with E-state index in [0.29, 0.717) is 0 Å². The van der Waals surface area contributed by atoms with Crippen molar-refractivity contribution in [1.29, 1.82) is 0 Å². The standard InChI is InChI=1S/C18H14S3/c19-16-11-10-15(17(20)18(16)21)14-9-5-4-8-13(14)12-6-2-1-3-7-12/h1-11,19-21H. The molecule has 0 aliphatic heterocycles.